The van der Waals surface area contributed by atoms with Gasteiger partial charge in [-0.25, -0.2) is 4.79 Å². The minimum atomic E-state index is -0.451. The second-order valence-corrected chi connectivity index (χ2v) is 5.41. The zero-order chi connectivity index (χ0) is 17.1. The van der Waals surface area contributed by atoms with Crippen molar-refractivity contribution in [3.05, 3.63) is 35.9 Å². The predicted octanol–water partition coefficient (Wildman–Crippen LogP) is 3.52. The van der Waals surface area contributed by atoms with E-state index in [1.54, 1.807) is 0 Å². The number of carbonyl (C=O) groups excluding carboxylic acids is 2. The van der Waals surface area contributed by atoms with E-state index < -0.39 is 5.97 Å². The van der Waals surface area contributed by atoms with Crippen LogP contribution in [0.1, 0.15) is 45.6 Å². The molecule has 5 nitrogen and oxygen atoms in total. The summed E-state index contributed by atoms with van der Waals surface area (Å²) in [4.78, 5) is 26.8. The van der Waals surface area contributed by atoms with Gasteiger partial charge in [0.05, 0.1) is 12.3 Å². The monoisotopic (exact) mass is 319 g/mol. The number of oxime groups is 1. The molecule has 1 aromatic carbocycles. The first-order valence-electron chi connectivity index (χ1n) is 7.94. The Morgan fingerprint density at radius 3 is 2.39 bits per heavy atom. The molecule has 0 amide bonds. The van der Waals surface area contributed by atoms with Crippen LogP contribution in [-0.4, -0.2) is 24.3 Å². The lowest BCUT2D eigenvalue weighted by molar-refractivity contribution is -0.143. The maximum atomic E-state index is 11.0. The van der Waals surface area contributed by atoms with Gasteiger partial charge in [-0.05, 0) is 31.2 Å². The van der Waals surface area contributed by atoms with E-state index in [-0.39, 0.29) is 18.5 Å². The van der Waals surface area contributed by atoms with E-state index in [4.69, 9.17) is 9.57 Å². The highest BCUT2D eigenvalue weighted by Crippen LogP contribution is 2.14. The highest BCUT2D eigenvalue weighted by Gasteiger charge is 2.17. The molecule has 126 valence electrons. The van der Waals surface area contributed by atoms with Gasteiger partial charge in [-0.1, -0.05) is 42.4 Å². The van der Waals surface area contributed by atoms with Crippen LogP contribution in [0.25, 0.3) is 0 Å². The highest BCUT2D eigenvalue weighted by atomic mass is 16.7. The highest BCUT2D eigenvalue weighted by molar-refractivity contribution is 5.87. The summed E-state index contributed by atoms with van der Waals surface area (Å²) in [6.45, 7) is 4.95. The number of ether oxygens (including phenoxy) is 1. The second kappa shape index (κ2) is 10.5. The largest absolute Gasteiger partial charge is 0.465 e. The molecule has 1 unspecified atom stereocenters. The van der Waals surface area contributed by atoms with Crippen LogP contribution >= 0.6 is 0 Å². The predicted molar refractivity (Wildman–Crippen MR) is 89.0 cm³/mol. The quantitative estimate of drug-likeness (QED) is 0.302. The molecule has 0 heterocycles. The van der Waals surface area contributed by atoms with Gasteiger partial charge in [-0.3, -0.25) is 4.79 Å². The van der Waals surface area contributed by atoms with Crippen LogP contribution in [0.2, 0.25) is 0 Å². The molecule has 0 aliphatic rings. The second-order valence-electron chi connectivity index (χ2n) is 5.41. The normalized spacial score (nSPS) is 12.6. The van der Waals surface area contributed by atoms with Crippen LogP contribution in [0.4, 0.5) is 0 Å². The SMILES string of the molecule is CCC(COC(C)=O)/C(CCCc1ccccc1)=N\OC(C)=O. The molecule has 5 heteroatoms. The van der Waals surface area contributed by atoms with Gasteiger partial charge in [-0.15, -0.1) is 0 Å². The summed E-state index contributed by atoms with van der Waals surface area (Å²) in [5.41, 5.74) is 2.02. The van der Waals surface area contributed by atoms with Gasteiger partial charge >= 0.3 is 11.9 Å². The first-order valence-corrected chi connectivity index (χ1v) is 7.94. The van der Waals surface area contributed by atoms with Crippen LogP contribution in [-0.2, 0) is 25.6 Å². The van der Waals surface area contributed by atoms with E-state index in [1.165, 1.54) is 19.4 Å². The maximum absolute atomic E-state index is 11.0. The van der Waals surface area contributed by atoms with Crippen LogP contribution in [0.3, 0.4) is 0 Å². The zero-order valence-electron chi connectivity index (χ0n) is 14.1. The average molecular weight is 319 g/mol. The summed E-state index contributed by atoms with van der Waals surface area (Å²) in [5, 5.41) is 3.98. The molecule has 1 rings (SSSR count). The van der Waals surface area contributed by atoms with Crippen molar-refractivity contribution in [2.24, 2.45) is 11.1 Å². The van der Waals surface area contributed by atoms with Crippen LogP contribution in [0.5, 0.6) is 0 Å². The van der Waals surface area contributed by atoms with E-state index in [0.29, 0.717) is 6.42 Å². The molecular formula is C18H25NO4. The summed E-state index contributed by atoms with van der Waals surface area (Å²) in [6, 6.07) is 10.2. The Morgan fingerprint density at radius 1 is 1.13 bits per heavy atom. The molecular weight excluding hydrogens is 294 g/mol. The minimum Gasteiger partial charge on any atom is -0.465 e. The molecule has 1 atom stereocenters. The molecule has 0 bridgehead atoms. The van der Waals surface area contributed by atoms with Gasteiger partial charge in [0, 0.05) is 19.8 Å². The molecule has 0 saturated carbocycles. The molecule has 0 N–H and O–H groups in total. The first kappa shape index (κ1) is 18.9. The lowest BCUT2D eigenvalue weighted by Crippen LogP contribution is -2.22. The molecule has 23 heavy (non-hydrogen) atoms. The average Bonchev–Trinajstić information content (AvgIpc) is 2.53. The Balaban J connectivity index is 2.64. The van der Waals surface area contributed by atoms with Gasteiger partial charge in [0.2, 0.25) is 0 Å². The molecule has 1 aromatic rings. The minimum absolute atomic E-state index is 0.0333. The molecule has 0 radical (unpaired) electrons. The number of benzene rings is 1. The summed E-state index contributed by atoms with van der Waals surface area (Å²) < 4.78 is 5.09. The molecule has 0 spiro atoms. The van der Waals surface area contributed by atoms with E-state index >= 15 is 0 Å². The Kier molecular flexibility index (Phi) is 8.65. The van der Waals surface area contributed by atoms with Crippen molar-refractivity contribution in [3.8, 4) is 0 Å². The van der Waals surface area contributed by atoms with Crippen molar-refractivity contribution in [2.75, 3.05) is 6.61 Å². The standard InChI is InChI=1S/C18H25NO4/c1-4-17(13-22-14(2)20)18(19-23-15(3)21)12-8-11-16-9-6-5-7-10-16/h5-7,9-10,17H,4,8,11-13H2,1-3H3/b19-18-. The third-order valence-electron chi connectivity index (χ3n) is 3.48. The van der Waals surface area contributed by atoms with Gasteiger partial charge in [0.25, 0.3) is 0 Å². The van der Waals surface area contributed by atoms with Gasteiger partial charge in [0.15, 0.2) is 0 Å². The fourth-order valence-electron chi connectivity index (χ4n) is 2.23. The van der Waals surface area contributed by atoms with E-state index in [9.17, 15) is 9.59 Å². The van der Waals surface area contributed by atoms with E-state index in [2.05, 4.69) is 17.3 Å². The number of hydrogen-bond donors (Lipinski definition) is 0. The number of rotatable bonds is 9. The summed E-state index contributed by atoms with van der Waals surface area (Å²) in [5.74, 6) is -0.804. The lowest BCUT2D eigenvalue weighted by atomic mass is 9.96. The fourth-order valence-corrected chi connectivity index (χ4v) is 2.23. The summed E-state index contributed by atoms with van der Waals surface area (Å²) in [7, 11) is 0. The van der Waals surface area contributed by atoms with Crippen molar-refractivity contribution in [1.82, 2.24) is 0 Å². The van der Waals surface area contributed by atoms with E-state index in [0.717, 1.165) is 25.0 Å². The Hall–Kier alpha value is -2.17. The number of aryl methyl sites for hydroxylation is 1. The molecule has 0 aliphatic carbocycles. The van der Waals surface area contributed by atoms with Crippen molar-refractivity contribution < 1.29 is 19.2 Å². The van der Waals surface area contributed by atoms with Crippen molar-refractivity contribution >= 4 is 17.7 Å². The Bertz CT molecular complexity index is 525. The number of hydrogen-bond acceptors (Lipinski definition) is 5. The molecule has 0 aliphatic heterocycles. The number of carbonyl (C=O) groups is 2. The maximum Gasteiger partial charge on any atom is 0.331 e. The summed E-state index contributed by atoms with van der Waals surface area (Å²) >= 11 is 0. The number of esters is 1. The van der Waals surface area contributed by atoms with Crippen molar-refractivity contribution in [3.63, 3.8) is 0 Å². The van der Waals surface area contributed by atoms with Crippen LogP contribution in [0.15, 0.2) is 35.5 Å². The lowest BCUT2D eigenvalue weighted by Gasteiger charge is -2.16. The Morgan fingerprint density at radius 2 is 1.83 bits per heavy atom. The molecule has 0 fully saturated rings. The first-order chi connectivity index (χ1) is 11.0. The van der Waals surface area contributed by atoms with Crippen molar-refractivity contribution in [2.45, 2.75) is 46.5 Å². The molecule has 0 saturated heterocycles. The Labute approximate surface area is 137 Å². The number of nitrogens with zero attached hydrogens (tertiary/aromatic N) is 1. The fraction of sp³-hybridized carbons (Fsp3) is 0.500. The van der Waals surface area contributed by atoms with Gasteiger partial charge < -0.3 is 9.57 Å². The summed E-state index contributed by atoms with van der Waals surface area (Å²) in [6.07, 6.45) is 3.27. The third-order valence-corrected chi connectivity index (χ3v) is 3.48. The molecule has 0 aromatic heterocycles. The van der Waals surface area contributed by atoms with E-state index in [1.807, 2.05) is 25.1 Å². The topological polar surface area (TPSA) is 65.0 Å². The van der Waals surface area contributed by atoms with Crippen LogP contribution in [0, 0.1) is 5.92 Å². The van der Waals surface area contributed by atoms with Crippen LogP contribution < -0.4 is 0 Å². The van der Waals surface area contributed by atoms with Gasteiger partial charge in [0.1, 0.15) is 0 Å². The van der Waals surface area contributed by atoms with Crippen molar-refractivity contribution in [1.29, 1.82) is 0 Å². The third kappa shape index (κ3) is 8.14. The zero-order valence-corrected chi connectivity index (χ0v) is 14.1. The smallest absolute Gasteiger partial charge is 0.331 e. The van der Waals surface area contributed by atoms with Gasteiger partial charge in [-0.2, -0.15) is 0 Å².